The minimum atomic E-state index is -1.34. The topological polar surface area (TPSA) is 99.6 Å². The number of anilines is 2. The van der Waals surface area contributed by atoms with Gasteiger partial charge in [0.25, 0.3) is 0 Å². The van der Waals surface area contributed by atoms with Crippen molar-refractivity contribution in [3.63, 3.8) is 0 Å². The van der Waals surface area contributed by atoms with E-state index in [4.69, 9.17) is 9.47 Å². The quantitative estimate of drug-likeness (QED) is 0.365. The lowest BCUT2D eigenvalue weighted by Crippen LogP contribution is -2.47. The zero-order valence-corrected chi connectivity index (χ0v) is 26.7. The largest absolute Gasteiger partial charge is 0.489 e. The Balaban J connectivity index is 1.44. The van der Waals surface area contributed by atoms with Crippen molar-refractivity contribution in [2.45, 2.75) is 96.8 Å². The molecule has 9 heteroatoms. The molecule has 0 aromatic heterocycles. The first kappa shape index (κ1) is 32.2. The molecule has 1 N–H and O–H groups in total. The number of hydrogen-bond donors (Lipinski definition) is 1. The molecule has 1 heterocycles. The van der Waals surface area contributed by atoms with Gasteiger partial charge in [0.1, 0.15) is 24.0 Å². The van der Waals surface area contributed by atoms with Crippen LogP contribution in [0.3, 0.4) is 0 Å². The van der Waals surface area contributed by atoms with Crippen LogP contribution in [0.25, 0.3) is 0 Å². The third-order valence-electron chi connectivity index (χ3n) is 8.52. The lowest BCUT2D eigenvalue weighted by atomic mass is 9.83. The van der Waals surface area contributed by atoms with E-state index >= 15 is 0 Å². The highest BCUT2D eigenvalue weighted by Crippen LogP contribution is 2.39. The van der Waals surface area contributed by atoms with Crippen LogP contribution < -0.4 is 14.5 Å². The third-order valence-corrected chi connectivity index (χ3v) is 8.52. The van der Waals surface area contributed by atoms with Crippen LogP contribution >= 0.6 is 0 Å². The Labute approximate surface area is 255 Å². The van der Waals surface area contributed by atoms with Crippen LogP contribution in [-0.2, 0) is 27.4 Å². The highest BCUT2D eigenvalue weighted by Gasteiger charge is 2.35. The number of fused-ring (bicyclic) bond motifs is 1. The summed E-state index contributed by atoms with van der Waals surface area (Å²) in [4.78, 5) is 42.6. The van der Waals surface area contributed by atoms with Gasteiger partial charge in [-0.05, 0) is 93.3 Å². The summed E-state index contributed by atoms with van der Waals surface area (Å²) in [5, 5.41) is 9.80. The molecular weight excluding hydrogens is 546 g/mol. The summed E-state index contributed by atoms with van der Waals surface area (Å²) in [7, 11) is 5.54. The van der Waals surface area contributed by atoms with E-state index in [1.807, 2.05) is 19.1 Å². The average Bonchev–Trinajstić information content (AvgIpc) is 3.39. The van der Waals surface area contributed by atoms with E-state index in [-0.39, 0.29) is 12.3 Å². The molecule has 0 unspecified atom stereocenters. The van der Waals surface area contributed by atoms with Crippen LogP contribution in [-0.4, -0.2) is 67.3 Å². The summed E-state index contributed by atoms with van der Waals surface area (Å²) in [6.45, 7) is 7.99. The Morgan fingerprint density at radius 3 is 2.37 bits per heavy atom. The Morgan fingerprint density at radius 1 is 1.05 bits per heavy atom. The van der Waals surface area contributed by atoms with Gasteiger partial charge in [-0.15, -0.1) is 0 Å². The normalized spacial score (nSPS) is 15.9. The fraction of sp³-hybridized carbons (Fsp3) is 0.559. The number of nitrogens with zero attached hydrogens (tertiary/aromatic N) is 3. The van der Waals surface area contributed by atoms with Crippen molar-refractivity contribution >= 4 is 29.3 Å². The summed E-state index contributed by atoms with van der Waals surface area (Å²) in [6.07, 6.45) is 5.94. The van der Waals surface area contributed by atoms with E-state index in [0.717, 1.165) is 33.0 Å². The van der Waals surface area contributed by atoms with Crippen molar-refractivity contribution < 1.29 is 29.0 Å². The van der Waals surface area contributed by atoms with Gasteiger partial charge in [0.05, 0.1) is 6.42 Å². The maximum atomic E-state index is 13.3. The first-order chi connectivity index (χ1) is 20.3. The molecule has 234 valence electrons. The van der Waals surface area contributed by atoms with Gasteiger partial charge in [0, 0.05) is 39.1 Å². The molecule has 1 atom stereocenters. The molecular formula is C34H47N3O6. The van der Waals surface area contributed by atoms with Gasteiger partial charge >= 0.3 is 12.1 Å². The number of likely N-dealkylation sites (N-methyl/N-ethyl adjacent to an activating group) is 1. The summed E-state index contributed by atoms with van der Waals surface area (Å²) in [6, 6.07) is 9.09. The molecule has 2 aromatic carbocycles. The molecule has 9 nitrogen and oxygen atoms in total. The first-order valence-electron chi connectivity index (χ1n) is 15.3. The zero-order chi connectivity index (χ0) is 31.5. The summed E-state index contributed by atoms with van der Waals surface area (Å²) >= 11 is 0. The van der Waals surface area contributed by atoms with Crippen molar-refractivity contribution in [2.75, 3.05) is 37.5 Å². The van der Waals surface area contributed by atoms with Crippen molar-refractivity contribution in [2.24, 2.45) is 0 Å². The fourth-order valence-electron chi connectivity index (χ4n) is 6.16. The van der Waals surface area contributed by atoms with Crippen LogP contribution in [0.2, 0.25) is 0 Å². The number of hydrogen-bond acceptors (Lipinski definition) is 6. The molecule has 1 aliphatic carbocycles. The van der Waals surface area contributed by atoms with Gasteiger partial charge in [-0.2, -0.15) is 0 Å². The van der Waals surface area contributed by atoms with Crippen molar-refractivity contribution in [3.05, 3.63) is 52.6 Å². The Morgan fingerprint density at radius 2 is 1.74 bits per heavy atom. The molecule has 4 rings (SSSR count). The predicted molar refractivity (Wildman–Crippen MR) is 168 cm³/mol. The maximum absolute atomic E-state index is 13.3. The molecule has 2 aromatic rings. The van der Waals surface area contributed by atoms with E-state index in [0.29, 0.717) is 25.5 Å². The monoisotopic (exact) mass is 593 g/mol. The highest BCUT2D eigenvalue weighted by molar-refractivity contribution is 5.98. The lowest BCUT2D eigenvalue weighted by Gasteiger charge is -2.29. The molecule has 2 aliphatic rings. The summed E-state index contributed by atoms with van der Waals surface area (Å²) in [5.41, 5.74) is 5.75. The van der Waals surface area contributed by atoms with E-state index in [9.17, 15) is 19.5 Å². The zero-order valence-electron chi connectivity index (χ0n) is 26.7. The Bertz CT molecular complexity index is 1340. The van der Waals surface area contributed by atoms with Crippen LogP contribution in [0.4, 0.5) is 16.2 Å². The predicted octanol–water partition coefficient (Wildman–Crippen LogP) is 6.29. The second-order valence-corrected chi connectivity index (χ2v) is 13.0. The minimum Gasteiger partial charge on any atom is -0.489 e. The number of aliphatic carboxylic acids is 1. The van der Waals surface area contributed by atoms with Gasteiger partial charge in [-0.25, -0.2) is 9.59 Å². The molecule has 2 amide bonds. The van der Waals surface area contributed by atoms with Gasteiger partial charge < -0.3 is 24.4 Å². The molecule has 1 aliphatic heterocycles. The molecule has 1 saturated carbocycles. The molecule has 0 radical (unpaired) electrons. The number of benzene rings is 2. The van der Waals surface area contributed by atoms with Crippen molar-refractivity contribution in [1.29, 1.82) is 0 Å². The molecule has 43 heavy (non-hydrogen) atoms. The number of carboxylic acid groups (broad SMARTS) is 1. The summed E-state index contributed by atoms with van der Waals surface area (Å²) < 4.78 is 11.6. The fourth-order valence-corrected chi connectivity index (χ4v) is 6.16. The van der Waals surface area contributed by atoms with Crippen molar-refractivity contribution in [3.8, 4) is 5.75 Å². The standard InChI is InChI=1S/C34H47N3O6/c1-22-25-17-18-37(31(38)20-29(32(39)40)36(7)33(41)43-34(2,3)4)27(25)15-16-30(22)42-21-23-13-14-26(28(19-23)35(5)6)24-11-9-8-10-12-24/h13-16,19,24,29H,8-12,17-18,20-21H2,1-7H3,(H,39,40)/t29-/m1/s1. The van der Waals surface area contributed by atoms with E-state index in [1.54, 1.807) is 25.7 Å². The number of amides is 2. The van der Waals surface area contributed by atoms with Gasteiger partial charge in [0.15, 0.2) is 0 Å². The average molecular weight is 594 g/mol. The van der Waals surface area contributed by atoms with Gasteiger partial charge in [-0.3, -0.25) is 9.69 Å². The second-order valence-electron chi connectivity index (χ2n) is 13.0. The number of rotatable bonds is 9. The highest BCUT2D eigenvalue weighted by atomic mass is 16.6. The number of carbonyl (C=O) groups excluding carboxylic acids is 2. The molecule has 1 fully saturated rings. The Kier molecular flexibility index (Phi) is 9.93. The molecule has 0 saturated heterocycles. The van der Waals surface area contributed by atoms with Crippen LogP contribution in [0.1, 0.15) is 87.5 Å². The van der Waals surface area contributed by atoms with E-state index < -0.39 is 23.7 Å². The Hall–Kier alpha value is -3.75. The van der Waals surface area contributed by atoms with E-state index in [2.05, 4.69) is 37.2 Å². The van der Waals surface area contributed by atoms with Crippen LogP contribution in [0.5, 0.6) is 5.75 Å². The van der Waals surface area contributed by atoms with Crippen LogP contribution in [0.15, 0.2) is 30.3 Å². The smallest absolute Gasteiger partial charge is 0.410 e. The van der Waals surface area contributed by atoms with Crippen LogP contribution in [0, 0.1) is 6.92 Å². The SMILES string of the molecule is Cc1c(OCc2ccc(C3CCCCC3)c(N(C)C)c2)ccc2c1CCN2C(=O)C[C@H](C(=O)O)N(C)C(=O)OC(C)(C)C. The number of ether oxygens (including phenoxy) is 2. The first-order valence-corrected chi connectivity index (χ1v) is 15.3. The lowest BCUT2D eigenvalue weighted by molar-refractivity contribution is -0.144. The second kappa shape index (κ2) is 13.3. The molecule has 0 bridgehead atoms. The third kappa shape index (κ3) is 7.61. The molecule has 0 spiro atoms. The minimum absolute atomic E-state index is 0.354. The number of carboxylic acids is 1. The van der Waals surface area contributed by atoms with E-state index in [1.165, 1.54) is 50.4 Å². The number of carbonyl (C=O) groups is 3. The van der Waals surface area contributed by atoms with Crippen molar-refractivity contribution in [1.82, 2.24) is 4.90 Å². The van der Waals surface area contributed by atoms with Gasteiger partial charge in [-0.1, -0.05) is 31.4 Å². The van der Waals surface area contributed by atoms with Gasteiger partial charge in [0.2, 0.25) is 5.91 Å². The maximum Gasteiger partial charge on any atom is 0.410 e. The summed E-state index contributed by atoms with van der Waals surface area (Å²) in [5.74, 6) is -0.229.